The lowest BCUT2D eigenvalue weighted by Gasteiger charge is -2.41. The molecule has 0 radical (unpaired) electrons. The van der Waals surface area contributed by atoms with Crippen LogP contribution in [0.1, 0.15) is 52.9 Å². The van der Waals surface area contributed by atoms with Crippen molar-refractivity contribution in [1.82, 2.24) is 0 Å². The minimum Gasteiger partial charge on any atom is -0.481 e. The molecule has 4 N–H and O–H groups in total. The maximum absolute atomic E-state index is 13.1. The van der Waals surface area contributed by atoms with E-state index in [0.717, 1.165) is 55.4 Å². The molecule has 1 saturated carbocycles. The quantitative estimate of drug-likeness (QED) is 0.544. The molecule has 144 valence electrons. The number of fused-ring (bicyclic) bond motifs is 3. The average molecular weight is 388 g/mol. The monoisotopic (exact) mass is 388 g/mol. The molecular weight excluding hydrogens is 364 g/mol. The van der Waals surface area contributed by atoms with E-state index in [1.165, 1.54) is 11.3 Å². The lowest BCUT2D eigenvalue weighted by molar-refractivity contribution is -0.151. The highest BCUT2D eigenvalue weighted by Crippen LogP contribution is 2.46. The molecule has 0 aliphatic heterocycles. The summed E-state index contributed by atoms with van der Waals surface area (Å²) < 4.78 is 0. The molecule has 1 aromatic heterocycles. The third kappa shape index (κ3) is 3.18. The van der Waals surface area contributed by atoms with Gasteiger partial charge in [0.15, 0.2) is 0 Å². The first-order valence-electron chi connectivity index (χ1n) is 9.63. The molecule has 4 atom stereocenters. The summed E-state index contributed by atoms with van der Waals surface area (Å²) in [5, 5.41) is 13.1. The highest BCUT2D eigenvalue weighted by molar-refractivity contribution is 7.17. The molecule has 4 aliphatic carbocycles. The van der Waals surface area contributed by atoms with Crippen molar-refractivity contribution >= 4 is 34.1 Å². The van der Waals surface area contributed by atoms with E-state index in [1.807, 2.05) is 12.2 Å². The van der Waals surface area contributed by atoms with Crippen LogP contribution < -0.4 is 11.1 Å². The van der Waals surface area contributed by atoms with Crippen LogP contribution in [0.5, 0.6) is 0 Å². The minimum atomic E-state index is -0.925. The van der Waals surface area contributed by atoms with Gasteiger partial charge in [0.05, 0.1) is 17.4 Å². The fourth-order valence-corrected chi connectivity index (χ4v) is 6.27. The molecule has 0 aromatic carbocycles. The summed E-state index contributed by atoms with van der Waals surface area (Å²) in [4.78, 5) is 38.1. The van der Waals surface area contributed by atoms with Crippen LogP contribution in [-0.2, 0) is 22.4 Å². The van der Waals surface area contributed by atoms with Gasteiger partial charge in [-0.25, -0.2) is 0 Å². The third-order valence-electron chi connectivity index (χ3n) is 6.24. The highest BCUT2D eigenvalue weighted by Gasteiger charge is 2.48. The summed E-state index contributed by atoms with van der Waals surface area (Å²) in [5.74, 6) is -3.22. The molecule has 4 aliphatic rings. The van der Waals surface area contributed by atoms with E-state index in [0.29, 0.717) is 10.6 Å². The number of carbonyl (C=O) groups is 3. The molecule has 6 nitrogen and oxygen atoms in total. The predicted molar refractivity (Wildman–Crippen MR) is 103 cm³/mol. The van der Waals surface area contributed by atoms with Gasteiger partial charge in [0.1, 0.15) is 5.00 Å². The molecular formula is C20H24N2O4S. The number of carbonyl (C=O) groups excluding carboxylic acids is 2. The molecule has 7 heteroatoms. The second-order valence-corrected chi connectivity index (χ2v) is 8.91. The zero-order chi connectivity index (χ0) is 19.1. The maximum Gasteiger partial charge on any atom is 0.307 e. The summed E-state index contributed by atoms with van der Waals surface area (Å²) in [6, 6.07) is 0. The SMILES string of the molecule is NC(=O)c1c(NC(=O)C2C3C=CC(CC3)C2C(=O)O)sc2c1CCCCC2. The number of allylic oxidation sites excluding steroid dienone is 2. The molecule has 1 heterocycles. The van der Waals surface area contributed by atoms with Gasteiger partial charge in [-0.1, -0.05) is 18.6 Å². The zero-order valence-corrected chi connectivity index (χ0v) is 15.9. The Hall–Kier alpha value is -2.15. The fourth-order valence-electron chi connectivity index (χ4n) is 4.97. The van der Waals surface area contributed by atoms with Crippen LogP contribution in [-0.4, -0.2) is 22.9 Å². The fraction of sp³-hybridized carbons (Fsp3) is 0.550. The number of thiophene rings is 1. The molecule has 2 bridgehead atoms. The van der Waals surface area contributed by atoms with Crippen molar-refractivity contribution in [3.05, 3.63) is 28.2 Å². The van der Waals surface area contributed by atoms with Gasteiger partial charge in [0, 0.05) is 4.88 Å². The van der Waals surface area contributed by atoms with Crippen molar-refractivity contribution in [2.75, 3.05) is 5.32 Å². The number of primary amides is 1. The summed E-state index contributed by atoms with van der Waals surface area (Å²) in [6.45, 7) is 0. The molecule has 4 unspecified atom stereocenters. The smallest absolute Gasteiger partial charge is 0.307 e. The number of rotatable bonds is 4. The number of anilines is 1. The number of nitrogens with two attached hydrogens (primary N) is 1. The van der Waals surface area contributed by atoms with E-state index in [-0.39, 0.29) is 17.7 Å². The lowest BCUT2D eigenvalue weighted by atomic mass is 9.62. The van der Waals surface area contributed by atoms with Gasteiger partial charge in [0.25, 0.3) is 5.91 Å². The van der Waals surface area contributed by atoms with Crippen LogP contribution in [0, 0.1) is 23.7 Å². The van der Waals surface area contributed by atoms with Gasteiger partial charge in [0.2, 0.25) is 5.91 Å². The predicted octanol–water partition coefficient (Wildman–Crippen LogP) is 2.97. The molecule has 27 heavy (non-hydrogen) atoms. The number of hydrogen-bond donors (Lipinski definition) is 3. The van der Waals surface area contributed by atoms with Gasteiger partial charge < -0.3 is 16.2 Å². The number of aryl methyl sites for hydroxylation is 1. The first kappa shape index (κ1) is 18.2. The first-order chi connectivity index (χ1) is 13.0. The van der Waals surface area contributed by atoms with E-state index in [1.54, 1.807) is 0 Å². The Morgan fingerprint density at radius 2 is 1.70 bits per heavy atom. The average Bonchev–Trinajstić information content (AvgIpc) is 2.82. The van der Waals surface area contributed by atoms with Crippen LogP contribution in [0.3, 0.4) is 0 Å². The topological polar surface area (TPSA) is 109 Å². The van der Waals surface area contributed by atoms with Gasteiger partial charge in [-0.2, -0.15) is 0 Å². The zero-order valence-electron chi connectivity index (χ0n) is 15.1. The molecule has 2 amide bonds. The maximum atomic E-state index is 13.1. The van der Waals surface area contributed by atoms with E-state index in [9.17, 15) is 19.5 Å². The molecule has 1 aromatic rings. The number of hydrogen-bond acceptors (Lipinski definition) is 4. The second-order valence-electron chi connectivity index (χ2n) is 7.80. The number of carboxylic acids is 1. The molecule has 0 spiro atoms. The van der Waals surface area contributed by atoms with Crippen molar-refractivity contribution in [3.8, 4) is 0 Å². The largest absolute Gasteiger partial charge is 0.481 e. The Balaban J connectivity index is 1.64. The first-order valence-corrected chi connectivity index (χ1v) is 10.5. The molecule has 0 saturated heterocycles. The van der Waals surface area contributed by atoms with Crippen molar-refractivity contribution < 1.29 is 19.5 Å². The number of amides is 2. The number of nitrogens with one attached hydrogen (secondary N) is 1. The van der Waals surface area contributed by atoms with E-state index < -0.39 is 23.7 Å². The van der Waals surface area contributed by atoms with Crippen LogP contribution >= 0.6 is 11.3 Å². The van der Waals surface area contributed by atoms with Crippen molar-refractivity contribution in [2.45, 2.75) is 44.9 Å². The van der Waals surface area contributed by atoms with Crippen LogP contribution in [0.2, 0.25) is 0 Å². The minimum absolute atomic E-state index is 0.0640. The Kier molecular flexibility index (Phi) is 4.80. The number of carboxylic acid groups (broad SMARTS) is 1. The van der Waals surface area contributed by atoms with E-state index in [2.05, 4.69) is 5.32 Å². The Morgan fingerprint density at radius 1 is 1.04 bits per heavy atom. The van der Waals surface area contributed by atoms with Crippen LogP contribution in [0.4, 0.5) is 5.00 Å². The normalized spacial score (nSPS) is 29.0. The van der Waals surface area contributed by atoms with Crippen LogP contribution in [0.25, 0.3) is 0 Å². The van der Waals surface area contributed by atoms with E-state index >= 15 is 0 Å². The third-order valence-corrected chi connectivity index (χ3v) is 7.45. The Bertz CT molecular complexity index is 828. The molecule has 1 fully saturated rings. The van der Waals surface area contributed by atoms with Gasteiger partial charge >= 0.3 is 5.97 Å². The highest BCUT2D eigenvalue weighted by atomic mass is 32.1. The Morgan fingerprint density at radius 3 is 2.33 bits per heavy atom. The van der Waals surface area contributed by atoms with Gasteiger partial charge in [-0.15, -0.1) is 11.3 Å². The Labute approximate surface area is 161 Å². The summed E-state index contributed by atoms with van der Waals surface area (Å²) in [6.07, 6.45) is 10.5. The molecule has 5 rings (SSSR count). The number of aliphatic carboxylic acids is 1. The summed E-state index contributed by atoms with van der Waals surface area (Å²) >= 11 is 1.43. The lowest BCUT2D eigenvalue weighted by Crippen LogP contribution is -2.47. The summed E-state index contributed by atoms with van der Waals surface area (Å²) in [7, 11) is 0. The second kappa shape index (κ2) is 7.11. The standard InChI is InChI=1S/C20H24N2O4S/c21-17(23)16-12-4-2-1-3-5-13(12)27-19(16)22-18(24)14-10-6-8-11(9-7-10)15(14)20(25)26/h6,8,10-11,14-15H,1-5,7,9H2,(H2,21,23)(H,22,24)(H,25,26). The van der Waals surface area contributed by atoms with Gasteiger partial charge in [-0.05, 0) is 55.9 Å². The van der Waals surface area contributed by atoms with Gasteiger partial charge in [-0.3, -0.25) is 14.4 Å². The van der Waals surface area contributed by atoms with Crippen molar-refractivity contribution in [3.63, 3.8) is 0 Å². The van der Waals surface area contributed by atoms with E-state index in [4.69, 9.17) is 5.73 Å². The van der Waals surface area contributed by atoms with Crippen LogP contribution in [0.15, 0.2) is 12.2 Å². The van der Waals surface area contributed by atoms with Crippen molar-refractivity contribution in [2.24, 2.45) is 29.4 Å². The summed E-state index contributed by atoms with van der Waals surface area (Å²) in [5.41, 5.74) is 7.03. The van der Waals surface area contributed by atoms with Crippen molar-refractivity contribution in [1.29, 1.82) is 0 Å².